The number of carbonyl (C=O) groups excluding carboxylic acids is 1. The van der Waals surface area contributed by atoms with E-state index < -0.39 is 0 Å². The number of hydrogen-bond acceptors (Lipinski definition) is 4. The lowest BCUT2D eigenvalue weighted by atomic mass is 10.1. The fraction of sp³-hybridized carbons (Fsp3) is 0.348. The Labute approximate surface area is 172 Å². The van der Waals surface area contributed by atoms with Gasteiger partial charge in [-0.1, -0.05) is 37.4 Å². The predicted octanol–water partition coefficient (Wildman–Crippen LogP) is 3.98. The lowest BCUT2D eigenvalue weighted by molar-refractivity contribution is -0.121. The van der Waals surface area contributed by atoms with E-state index in [9.17, 15) is 9.90 Å². The average Bonchev–Trinajstić information content (AvgIpc) is 2.66. The van der Waals surface area contributed by atoms with Crippen LogP contribution in [0.5, 0.6) is 0 Å². The van der Waals surface area contributed by atoms with Crippen molar-refractivity contribution in [2.75, 3.05) is 7.05 Å². The van der Waals surface area contributed by atoms with Gasteiger partial charge >= 0.3 is 0 Å². The van der Waals surface area contributed by atoms with Gasteiger partial charge in [0.1, 0.15) is 5.76 Å². The first-order valence-corrected chi connectivity index (χ1v) is 9.62. The number of benzene rings is 1. The largest absolute Gasteiger partial charge is 0.508 e. The molecule has 2 N–H and O–H groups in total. The molecule has 2 aromatic rings. The highest BCUT2D eigenvalue weighted by Gasteiger charge is 2.16. The molecule has 0 bridgehead atoms. The fourth-order valence-electron chi connectivity index (χ4n) is 3.13. The quantitative estimate of drug-likeness (QED) is 0.697. The van der Waals surface area contributed by atoms with Gasteiger partial charge in [-0.05, 0) is 44.9 Å². The van der Waals surface area contributed by atoms with Crippen molar-refractivity contribution in [2.24, 2.45) is 4.99 Å². The second-order valence-corrected chi connectivity index (χ2v) is 7.44. The monoisotopic (exact) mass is 394 g/mol. The maximum Gasteiger partial charge on any atom is 0.226 e. The molecule has 0 saturated heterocycles. The molecule has 6 nitrogen and oxygen atoms in total. The molecule has 0 spiro atoms. The number of carbonyl (C=O) groups is 1. The van der Waals surface area contributed by atoms with Crippen LogP contribution in [0.1, 0.15) is 62.3 Å². The van der Waals surface area contributed by atoms with E-state index in [0.717, 1.165) is 22.5 Å². The number of hydrogen-bond donors (Lipinski definition) is 2. The highest BCUT2D eigenvalue weighted by atomic mass is 16.3. The van der Waals surface area contributed by atoms with Crippen LogP contribution in [-0.4, -0.2) is 27.6 Å². The zero-order valence-electron chi connectivity index (χ0n) is 17.9. The Bertz CT molecular complexity index is 985. The van der Waals surface area contributed by atoms with Crippen LogP contribution in [-0.2, 0) is 11.2 Å². The molecule has 0 radical (unpaired) electrons. The maximum absolute atomic E-state index is 12.8. The highest BCUT2D eigenvalue weighted by Crippen LogP contribution is 2.17. The summed E-state index contributed by atoms with van der Waals surface area (Å²) in [7, 11) is 1.69. The molecule has 1 aromatic carbocycles. The summed E-state index contributed by atoms with van der Waals surface area (Å²) in [6.45, 7) is 15.4. The van der Waals surface area contributed by atoms with Crippen LogP contribution < -0.4 is 10.9 Å². The molecule has 0 saturated carbocycles. The summed E-state index contributed by atoms with van der Waals surface area (Å²) in [4.78, 5) is 21.6. The van der Waals surface area contributed by atoms with E-state index in [4.69, 9.17) is 0 Å². The molecule has 1 heterocycles. The Kier molecular flexibility index (Phi) is 7.15. The first kappa shape index (κ1) is 22.1. The topological polar surface area (TPSA) is 79.5 Å². The molecule has 1 aromatic heterocycles. The molecular weight excluding hydrogens is 364 g/mol. The van der Waals surface area contributed by atoms with E-state index in [-0.39, 0.29) is 30.2 Å². The van der Waals surface area contributed by atoms with Crippen LogP contribution in [0.4, 0.5) is 0 Å². The van der Waals surface area contributed by atoms with Gasteiger partial charge in [0.15, 0.2) is 0 Å². The van der Waals surface area contributed by atoms with Gasteiger partial charge in [-0.15, -0.1) is 0 Å². The molecule has 29 heavy (non-hydrogen) atoms. The van der Waals surface area contributed by atoms with Gasteiger partial charge in [-0.3, -0.25) is 9.79 Å². The van der Waals surface area contributed by atoms with Crippen LogP contribution in [0.15, 0.2) is 48.5 Å². The Morgan fingerprint density at radius 1 is 1.24 bits per heavy atom. The number of rotatable bonds is 7. The van der Waals surface area contributed by atoms with Crippen molar-refractivity contribution in [3.05, 3.63) is 71.6 Å². The Balaban J connectivity index is 2.26. The molecular formula is C23H30N4O2. The fourth-order valence-corrected chi connectivity index (χ4v) is 3.13. The second kappa shape index (κ2) is 9.37. The van der Waals surface area contributed by atoms with E-state index >= 15 is 0 Å². The standard InChI is InChI=1S/C23H30N4O2/c1-14(2)21-12-20(27(15(3)4)23(24-7)26-21)13-22(29)25-16(5)18-8-10-19(11-9-18)17(6)28/h8-12,15-16,28H,1,6,13H2,2-5,7H3,(H,25,29)/t16-/m1/s1. The first-order chi connectivity index (χ1) is 13.6. The minimum Gasteiger partial charge on any atom is -0.508 e. The molecule has 0 aliphatic carbocycles. The minimum atomic E-state index is -0.172. The number of allylic oxidation sites excluding steroid dienone is 1. The van der Waals surface area contributed by atoms with Gasteiger partial charge in [0, 0.05) is 24.3 Å². The van der Waals surface area contributed by atoms with Gasteiger partial charge in [-0.2, -0.15) is 0 Å². The number of nitrogens with one attached hydrogen (secondary N) is 1. The summed E-state index contributed by atoms with van der Waals surface area (Å²) in [5.41, 5.74) is 4.58. The third-order valence-corrected chi connectivity index (χ3v) is 4.67. The number of aromatic nitrogens is 2. The van der Waals surface area contributed by atoms with Crippen molar-refractivity contribution in [3.8, 4) is 0 Å². The molecule has 0 unspecified atom stereocenters. The molecule has 0 aliphatic rings. The van der Waals surface area contributed by atoms with E-state index in [1.54, 1.807) is 19.2 Å². The number of aliphatic hydroxyl groups excluding tert-OH is 1. The molecule has 1 amide bonds. The SMILES string of the molecule is C=C(O)c1ccc([C@@H](C)NC(=O)Cc2cc(C(=C)C)nc(=NC)n2C(C)C)cc1. The molecule has 1 atom stereocenters. The summed E-state index contributed by atoms with van der Waals surface area (Å²) in [5.74, 6) is -0.0712. The van der Waals surface area contributed by atoms with E-state index in [0.29, 0.717) is 11.2 Å². The van der Waals surface area contributed by atoms with Gasteiger partial charge in [0.05, 0.1) is 18.2 Å². The van der Waals surface area contributed by atoms with Crippen molar-refractivity contribution in [1.82, 2.24) is 14.9 Å². The lowest BCUT2D eigenvalue weighted by Gasteiger charge is -2.20. The molecule has 6 heteroatoms. The van der Waals surface area contributed by atoms with E-state index in [1.807, 2.05) is 50.5 Å². The van der Waals surface area contributed by atoms with Gasteiger partial charge < -0.3 is 15.0 Å². The minimum absolute atomic E-state index is 0.0228. The number of amides is 1. The summed E-state index contributed by atoms with van der Waals surface area (Å²) < 4.78 is 1.97. The third kappa shape index (κ3) is 5.44. The van der Waals surface area contributed by atoms with Gasteiger partial charge in [0.2, 0.25) is 11.5 Å². The Morgan fingerprint density at radius 3 is 2.34 bits per heavy atom. The van der Waals surface area contributed by atoms with Crippen LogP contribution in [0.3, 0.4) is 0 Å². The Morgan fingerprint density at radius 2 is 1.86 bits per heavy atom. The third-order valence-electron chi connectivity index (χ3n) is 4.67. The predicted molar refractivity (Wildman–Crippen MR) is 117 cm³/mol. The van der Waals surface area contributed by atoms with Crippen molar-refractivity contribution < 1.29 is 9.90 Å². The molecule has 0 fully saturated rings. The zero-order valence-corrected chi connectivity index (χ0v) is 17.9. The number of nitrogens with zero attached hydrogens (tertiary/aromatic N) is 3. The summed E-state index contributed by atoms with van der Waals surface area (Å²) >= 11 is 0. The first-order valence-electron chi connectivity index (χ1n) is 9.62. The molecule has 0 aliphatic heterocycles. The van der Waals surface area contributed by atoms with E-state index in [1.165, 1.54) is 0 Å². The maximum atomic E-state index is 12.8. The van der Waals surface area contributed by atoms with E-state index in [2.05, 4.69) is 28.5 Å². The van der Waals surface area contributed by atoms with Crippen LogP contribution in [0.25, 0.3) is 11.3 Å². The number of aliphatic hydroxyl groups is 1. The van der Waals surface area contributed by atoms with Gasteiger partial charge in [0.25, 0.3) is 0 Å². The lowest BCUT2D eigenvalue weighted by Crippen LogP contribution is -2.34. The smallest absolute Gasteiger partial charge is 0.226 e. The van der Waals surface area contributed by atoms with Crippen molar-refractivity contribution in [2.45, 2.75) is 46.2 Å². The van der Waals surface area contributed by atoms with Crippen LogP contribution >= 0.6 is 0 Å². The molecule has 154 valence electrons. The molecule has 2 rings (SSSR count). The summed E-state index contributed by atoms with van der Waals surface area (Å²) in [6.07, 6.45) is 0.208. The van der Waals surface area contributed by atoms with Crippen LogP contribution in [0.2, 0.25) is 0 Å². The van der Waals surface area contributed by atoms with Crippen LogP contribution in [0, 0.1) is 0 Å². The highest BCUT2D eigenvalue weighted by molar-refractivity contribution is 5.79. The van der Waals surface area contributed by atoms with Crippen molar-refractivity contribution >= 4 is 17.2 Å². The zero-order chi connectivity index (χ0) is 21.7. The summed E-state index contributed by atoms with van der Waals surface area (Å²) in [5, 5.41) is 12.5. The second-order valence-electron chi connectivity index (χ2n) is 7.44. The Hall–Kier alpha value is -3.15. The van der Waals surface area contributed by atoms with Gasteiger partial charge in [-0.25, -0.2) is 4.98 Å². The van der Waals surface area contributed by atoms with Crippen molar-refractivity contribution in [3.63, 3.8) is 0 Å². The normalized spacial score (nSPS) is 12.7. The summed E-state index contributed by atoms with van der Waals surface area (Å²) in [6, 6.07) is 9.15. The average molecular weight is 395 g/mol. The van der Waals surface area contributed by atoms with Crippen molar-refractivity contribution in [1.29, 1.82) is 0 Å².